The van der Waals surface area contributed by atoms with Crippen molar-refractivity contribution in [3.63, 3.8) is 0 Å². The van der Waals surface area contributed by atoms with Crippen molar-refractivity contribution in [1.82, 2.24) is 9.88 Å². The van der Waals surface area contributed by atoms with Crippen molar-refractivity contribution in [1.29, 1.82) is 0 Å². The van der Waals surface area contributed by atoms with Gasteiger partial charge in [0.05, 0.1) is 11.9 Å². The third kappa shape index (κ3) is 6.28. The van der Waals surface area contributed by atoms with Gasteiger partial charge in [-0.25, -0.2) is 9.78 Å². The van der Waals surface area contributed by atoms with Gasteiger partial charge >= 0.3 is 6.09 Å². The number of anilines is 1. The maximum Gasteiger partial charge on any atom is 0.410 e. The fourth-order valence-electron chi connectivity index (χ4n) is 1.81. The number of halogens is 1. The standard InChI is InChI=1S/C16H26FN3O2/c1-15(2,3)20(14(21)22-16(4,5)6)10-9-18-12-7-8-13(17)19-11-12/h7-8,11,18H,9-10H2,1-6H3. The third-order valence-electron chi connectivity index (χ3n) is 2.82. The molecule has 0 aromatic carbocycles. The Labute approximate surface area is 131 Å². The Balaban J connectivity index is 2.62. The van der Waals surface area contributed by atoms with Crippen molar-refractivity contribution in [2.75, 3.05) is 18.4 Å². The van der Waals surface area contributed by atoms with Crippen molar-refractivity contribution in [3.05, 3.63) is 24.3 Å². The molecule has 0 spiro atoms. The van der Waals surface area contributed by atoms with Gasteiger partial charge in [0.15, 0.2) is 0 Å². The molecule has 0 aliphatic carbocycles. The van der Waals surface area contributed by atoms with Crippen LogP contribution in [0.4, 0.5) is 14.9 Å². The zero-order chi connectivity index (χ0) is 17.0. The molecule has 1 N–H and O–H groups in total. The van der Waals surface area contributed by atoms with Crippen molar-refractivity contribution >= 4 is 11.8 Å². The summed E-state index contributed by atoms with van der Waals surface area (Å²) in [7, 11) is 0. The lowest BCUT2D eigenvalue weighted by Gasteiger charge is -2.37. The van der Waals surface area contributed by atoms with E-state index >= 15 is 0 Å². The highest BCUT2D eigenvalue weighted by atomic mass is 19.1. The van der Waals surface area contributed by atoms with E-state index in [4.69, 9.17) is 4.74 Å². The van der Waals surface area contributed by atoms with E-state index in [1.54, 1.807) is 11.0 Å². The summed E-state index contributed by atoms with van der Waals surface area (Å²) >= 11 is 0. The molecular weight excluding hydrogens is 285 g/mol. The minimum absolute atomic E-state index is 0.348. The van der Waals surface area contributed by atoms with Crippen LogP contribution in [0.15, 0.2) is 18.3 Å². The van der Waals surface area contributed by atoms with Crippen molar-refractivity contribution in [2.24, 2.45) is 0 Å². The van der Waals surface area contributed by atoms with Crippen LogP contribution in [-0.2, 0) is 4.74 Å². The molecule has 5 nitrogen and oxygen atoms in total. The van der Waals surface area contributed by atoms with Crippen LogP contribution in [0.25, 0.3) is 0 Å². The van der Waals surface area contributed by atoms with Crippen LogP contribution in [-0.4, -0.2) is 40.2 Å². The molecule has 0 unspecified atom stereocenters. The van der Waals surface area contributed by atoms with E-state index in [1.165, 1.54) is 12.3 Å². The molecule has 1 rings (SSSR count). The van der Waals surface area contributed by atoms with Crippen LogP contribution < -0.4 is 5.32 Å². The topological polar surface area (TPSA) is 54.5 Å². The largest absolute Gasteiger partial charge is 0.444 e. The van der Waals surface area contributed by atoms with Gasteiger partial charge in [-0.05, 0) is 53.7 Å². The molecule has 0 fully saturated rings. The summed E-state index contributed by atoms with van der Waals surface area (Å²) in [5.74, 6) is -0.518. The van der Waals surface area contributed by atoms with E-state index in [0.717, 1.165) is 0 Å². The van der Waals surface area contributed by atoms with E-state index in [-0.39, 0.29) is 11.6 Å². The van der Waals surface area contributed by atoms with E-state index in [2.05, 4.69) is 10.3 Å². The summed E-state index contributed by atoms with van der Waals surface area (Å²) in [6, 6.07) is 2.90. The fourth-order valence-corrected chi connectivity index (χ4v) is 1.81. The first-order chi connectivity index (χ1) is 9.99. The molecule has 6 heteroatoms. The Kier molecular flexibility index (Phi) is 5.74. The lowest BCUT2D eigenvalue weighted by molar-refractivity contribution is 0.00749. The first kappa shape index (κ1) is 18.2. The second kappa shape index (κ2) is 6.94. The Bertz CT molecular complexity index is 490. The van der Waals surface area contributed by atoms with E-state index < -0.39 is 11.5 Å². The molecule has 0 saturated carbocycles. The van der Waals surface area contributed by atoms with E-state index in [9.17, 15) is 9.18 Å². The zero-order valence-electron chi connectivity index (χ0n) is 14.2. The van der Waals surface area contributed by atoms with Gasteiger partial charge in [0.25, 0.3) is 0 Å². The van der Waals surface area contributed by atoms with Crippen molar-refractivity contribution < 1.29 is 13.9 Å². The smallest absolute Gasteiger partial charge is 0.410 e. The monoisotopic (exact) mass is 311 g/mol. The minimum Gasteiger partial charge on any atom is -0.444 e. The molecule has 1 amide bonds. The van der Waals surface area contributed by atoms with Gasteiger partial charge in [-0.3, -0.25) is 0 Å². The molecule has 1 aromatic heterocycles. The molecule has 0 bridgehead atoms. The molecule has 1 heterocycles. The van der Waals surface area contributed by atoms with Gasteiger partial charge in [-0.1, -0.05) is 0 Å². The average Bonchev–Trinajstić information content (AvgIpc) is 2.32. The number of carbonyl (C=O) groups excluding carboxylic acids is 1. The summed E-state index contributed by atoms with van der Waals surface area (Å²) in [5.41, 5.74) is -0.181. The van der Waals surface area contributed by atoms with E-state index in [1.807, 2.05) is 41.5 Å². The maximum atomic E-state index is 12.7. The highest BCUT2D eigenvalue weighted by Crippen LogP contribution is 2.18. The van der Waals surface area contributed by atoms with Gasteiger partial charge in [0.1, 0.15) is 5.60 Å². The first-order valence-corrected chi connectivity index (χ1v) is 7.35. The van der Waals surface area contributed by atoms with Gasteiger partial charge < -0.3 is 15.0 Å². The number of aromatic nitrogens is 1. The number of ether oxygens (including phenoxy) is 1. The first-order valence-electron chi connectivity index (χ1n) is 7.35. The predicted molar refractivity (Wildman–Crippen MR) is 85.4 cm³/mol. The molecular formula is C16H26FN3O2. The van der Waals surface area contributed by atoms with Crippen LogP contribution in [0, 0.1) is 5.95 Å². The average molecular weight is 311 g/mol. The number of hydrogen-bond acceptors (Lipinski definition) is 4. The molecule has 0 atom stereocenters. The van der Waals surface area contributed by atoms with Gasteiger partial charge in [0, 0.05) is 18.6 Å². The minimum atomic E-state index is -0.533. The number of pyridine rings is 1. The van der Waals surface area contributed by atoms with Gasteiger partial charge in [-0.15, -0.1) is 0 Å². The Hall–Kier alpha value is -1.85. The van der Waals surface area contributed by atoms with Crippen LogP contribution in [0.2, 0.25) is 0 Å². The summed E-state index contributed by atoms with van der Waals surface area (Å²) in [6.07, 6.45) is 1.07. The second-order valence-corrected chi connectivity index (χ2v) is 7.10. The number of nitrogens with zero attached hydrogens (tertiary/aromatic N) is 2. The summed E-state index contributed by atoms with van der Waals surface area (Å²) in [6.45, 7) is 12.4. The van der Waals surface area contributed by atoms with Crippen LogP contribution >= 0.6 is 0 Å². The van der Waals surface area contributed by atoms with Crippen molar-refractivity contribution in [3.8, 4) is 0 Å². The normalized spacial score (nSPS) is 12.0. The number of rotatable bonds is 4. The fraction of sp³-hybridized carbons (Fsp3) is 0.625. The number of nitrogens with one attached hydrogen (secondary N) is 1. The SMILES string of the molecule is CC(C)(C)OC(=O)N(CCNc1ccc(F)nc1)C(C)(C)C. The number of amides is 1. The molecule has 1 aromatic rings. The molecule has 0 aliphatic heterocycles. The quantitative estimate of drug-likeness (QED) is 0.862. The maximum absolute atomic E-state index is 12.7. The Morgan fingerprint density at radius 2 is 1.91 bits per heavy atom. The number of hydrogen-bond donors (Lipinski definition) is 1. The Morgan fingerprint density at radius 3 is 2.36 bits per heavy atom. The lowest BCUT2D eigenvalue weighted by Crippen LogP contribution is -2.49. The molecule has 124 valence electrons. The molecule has 0 radical (unpaired) electrons. The summed E-state index contributed by atoms with van der Waals surface area (Å²) in [5, 5.41) is 3.11. The lowest BCUT2D eigenvalue weighted by atomic mass is 10.1. The molecule has 0 saturated heterocycles. The van der Waals surface area contributed by atoms with E-state index in [0.29, 0.717) is 18.8 Å². The predicted octanol–water partition coefficient (Wildman–Crippen LogP) is 3.67. The third-order valence-corrected chi connectivity index (χ3v) is 2.82. The highest BCUT2D eigenvalue weighted by molar-refractivity contribution is 5.69. The van der Waals surface area contributed by atoms with Crippen LogP contribution in [0.1, 0.15) is 41.5 Å². The number of carbonyl (C=O) groups is 1. The summed E-state index contributed by atoms with van der Waals surface area (Å²) < 4.78 is 18.2. The van der Waals surface area contributed by atoms with Crippen LogP contribution in [0.3, 0.4) is 0 Å². The highest BCUT2D eigenvalue weighted by Gasteiger charge is 2.30. The second-order valence-electron chi connectivity index (χ2n) is 7.10. The van der Waals surface area contributed by atoms with Crippen LogP contribution in [0.5, 0.6) is 0 Å². The molecule has 22 heavy (non-hydrogen) atoms. The molecule has 0 aliphatic rings. The Morgan fingerprint density at radius 1 is 1.27 bits per heavy atom. The van der Waals surface area contributed by atoms with Gasteiger partial charge in [-0.2, -0.15) is 4.39 Å². The summed E-state index contributed by atoms with van der Waals surface area (Å²) in [4.78, 5) is 17.6. The zero-order valence-corrected chi connectivity index (χ0v) is 14.2. The van der Waals surface area contributed by atoms with Gasteiger partial charge in [0.2, 0.25) is 5.95 Å². The van der Waals surface area contributed by atoms with Crippen molar-refractivity contribution in [2.45, 2.75) is 52.7 Å².